The van der Waals surface area contributed by atoms with Crippen LogP contribution in [-0.4, -0.2) is 33.7 Å². The molecule has 2 aromatic rings. The summed E-state index contributed by atoms with van der Waals surface area (Å²) in [7, 11) is 0. The zero-order valence-electron chi connectivity index (χ0n) is 16.5. The minimum Gasteiger partial charge on any atom is -0.446 e. The van der Waals surface area contributed by atoms with Gasteiger partial charge in [0, 0.05) is 34.7 Å². The second kappa shape index (κ2) is 8.78. The van der Waals surface area contributed by atoms with Crippen molar-refractivity contribution in [2.75, 3.05) is 5.32 Å². The third kappa shape index (κ3) is 5.83. The first-order valence-electron chi connectivity index (χ1n) is 9.62. The molecule has 6 nitrogen and oxygen atoms in total. The lowest BCUT2D eigenvalue weighted by Gasteiger charge is -2.31. The zero-order chi connectivity index (χ0) is 20.1. The lowest BCUT2D eigenvalue weighted by Crippen LogP contribution is -2.43. The van der Waals surface area contributed by atoms with Gasteiger partial charge < -0.3 is 15.4 Å². The summed E-state index contributed by atoms with van der Waals surface area (Å²) in [6.07, 6.45) is 4.71. The number of carbonyl (C=O) groups excluding carboxylic acids is 1. The fourth-order valence-electron chi connectivity index (χ4n) is 3.33. The third-order valence-corrected chi connectivity index (χ3v) is 4.88. The van der Waals surface area contributed by atoms with Gasteiger partial charge in [0.05, 0.1) is 5.69 Å². The Morgan fingerprint density at radius 3 is 2.75 bits per heavy atom. The number of anilines is 1. The van der Waals surface area contributed by atoms with E-state index in [9.17, 15) is 4.79 Å². The lowest BCUT2D eigenvalue weighted by molar-refractivity contribution is 0.0674. The second-order valence-corrected chi connectivity index (χ2v) is 8.59. The van der Waals surface area contributed by atoms with Crippen LogP contribution in [0.2, 0.25) is 5.02 Å². The van der Waals surface area contributed by atoms with Crippen molar-refractivity contribution in [1.29, 1.82) is 0 Å². The van der Waals surface area contributed by atoms with Crippen molar-refractivity contribution in [2.24, 2.45) is 0 Å². The van der Waals surface area contributed by atoms with Crippen molar-refractivity contribution in [3.05, 3.63) is 41.7 Å². The molecule has 28 heavy (non-hydrogen) atoms. The Hall–Kier alpha value is -2.34. The highest BCUT2D eigenvalue weighted by Gasteiger charge is 2.26. The molecule has 0 aliphatic heterocycles. The number of amides is 1. The van der Waals surface area contributed by atoms with Crippen molar-refractivity contribution in [2.45, 2.75) is 64.1 Å². The molecule has 7 heteroatoms. The molecular weight excluding hydrogens is 376 g/mol. The Labute approximate surface area is 171 Å². The lowest BCUT2D eigenvalue weighted by atomic mass is 9.93. The number of rotatable bonds is 4. The van der Waals surface area contributed by atoms with Gasteiger partial charge in [-0.2, -0.15) is 0 Å². The van der Waals surface area contributed by atoms with Gasteiger partial charge in [0.25, 0.3) is 0 Å². The number of nitrogens with one attached hydrogen (secondary N) is 2. The molecule has 0 bridgehead atoms. The van der Waals surface area contributed by atoms with E-state index in [4.69, 9.17) is 16.3 Å². The Balaban J connectivity index is 1.62. The maximum absolute atomic E-state index is 12.0. The van der Waals surface area contributed by atoms with Gasteiger partial charge in [-0.05, 0) is 46.1 Å². The maximum Gasteiger partial charge on any atom is 0.407 e. The van der Waals surface area contributed by atoms with Crippen LogP contribution in [0.25, 0.3) is 11.3 Å². The molecule has 2 N–H and O–H groups in total. The fourth-order valence-corrected chi connectivity index (χ4v) is 3.56. The number of carbonyl (C=O) groups is 1. The summed E-state index contributed by atoms with van der Waals surface area (Å²) in [6.45, 7) is 5.81. The van der Waals surface area contributed by atoms with Crippen LogP contribution in [-0.2, 0) is 4.74 Å². The van der Waals surface area contributed by atoms with E-state index in [0.29, 0.717) is 5.02 Å². The van der Waals surface area contributed by atoms with Crippen LogP contribution in [0.1, 0.15) is 46.5 Å². The molecule has 0 spiro atoms. The highest BCUT2D eigenvalue weighted by Crippen LogP contribution is 2.28. The molecule has 1 amide bonds. The SMILES string of the molecule is CC(C)(C)NC(=O)OC1CCCC(Nc2cc(-c3ccccc3Cl)ncn2)C1. The standard InChI is InChI=1S/C21H27ClN4O2/c1-21(2,3)26-20(27)28-15-8-6-7-14(11-15)25-19-12-18(23-13-24-19)16-9-4-5-10-17(16)22/h4-5,9-10,12-15H,6-8,11H2,1-3H3,(H,26,27)(H,23,24,25). The first-order chi connectivity index (χ1) is 13.3. The van der Waals surface area contributed by atoms with Gasteiger partial charge in [-0.25, -0.2) is 14.8 Å². The monoisotopic (exact) mass is 402 g/mol. The number of alkyl carbamates (subject to hydrolysis) is 1. The fraction of sp³-hybridized carbons (Fsp3) is 0.476. The van der Waals surface area contributed by atoms with Crippen LogP contribution in [0.4, 0.5) is 10.6 Å². The molecule has 2 atom stereocenters. The van der Waals surface area contributed by atoms with Crippen molar-refractivity contribution in [3.63, 3.8) is 0 Å². The van der Waals surface area contributed by atoms with Crippen molar-refractivity contribution >= 4 is 23.5 Å². The van der Waals surface area contributed by atoms with Crippen LogP contribution in [0.15, 0.2) is 36.7 Å². The van der Waals surface area contributed by atoms with Crippen LogP contribution in [0.3, 0.4) is 0 Å². The van der Waals surface area contributed by atoms with Gasteiger partial charge >= 0.3 is 6.09 Å². The number of halogens is 1. The van der Waals surface area contributed by atoms with E-state index in [1.807, 2.05) is 51.1 Å². The second-order valence-electron chi connectivity index (χ2n) is 8.18. The van der Waals surface area contributed by atoms with Gasteiger partial charge in [-0.1, -0.05) is 29.8 Å². The summed E-state index contributed by atoms with van der Waals surface area (Å²) in [5.41, 5.74) is 1.34. The summed E-state index contributed by atoms with van der Waals surface area (Å²) in [5.74, 6) is 0.745. The van der Waals surface area contributed by atoms with Crippen LogP contribution in [0, 0.1) is 0 Å². The molecule has 1 aromatic carbocycles. The normalized spacial score (nSPS) is 19.7. The maximum atomic E-state index is 12.0. The van der Waals surface area contributed by atoms with E-state index in [-0.39, 0.29) is 23.8 Å². The topological polar surface area (TPSA) is 76.1 Å². The third-order valence-electron chi connectivity index (χ3n) is 4.55. The van der Waals surface area contributed by atoms with Gasteiger partial charge in [-0.15, -0.1) is 0 Å². The average Bonchev–Trinajstić information content (AvgIpc) is 2.61. The zero-order valence-corrected chi connectivity index (χ0v) is 17.3. The van der Waals surface area contributed by atoms with Gasteiger partial charge in [-0.3, -0.25) is 0 Å². The van der Waals surface area contributed by atoms with E-state index in [0.717, 1.165) is 42.8 Å². The molecule has 1 heterocycles. The number of ether oxygens (including phenoxy) is 1. The molecule has 3 rings (SSSR count). The summed E-state index contributed by atoms with van der Waals surface area (Å²) >= 11 is 6.28. The molecule has 150 valence electrons. The number of benzene rings is 1. The molecular formula is C21H27ClN4O2. The van der Waals surface area contributed by atoms with Crippen molar-refractivity contribution < 1.29 is 9.53 Å². The predicted octanol–water partition coefficient (Wildman–Crippen LogP) is 5.04. The quantitative estimate of drug-likeness (QED) is 0.748. The summed E-state index contributed by atoms with van der Waals surface area (Å²) in [6, 6.07) is 9.70. The number of hydrogen-bond acceptors (Lipinski definition) is 5. The molecule has 1 fully saturated rings. The van der Waals surface area contributed by atoms with Crippen molar-refractivity contribution in [1.82, 2.24) is 15.3 Å². The molecule has 1 saturated carbocycles. The highest BCUT2D eigenvalue weighted by atomic mass is 35.5. The number of aromatic nitrogens is 2. The first kappa shape index (κ1) is 20.4. The molecule has 1 aliphatic carbocycles. The Bertz CT molecular complexity index is 822. The number of hydrogen-bond donors (Lipinski definition) is 2. The smallest absolute Gasteiger partial charge is 0.407 e. The van der Waals surface area contributed by atoms with E-state index in [1.54, 1.807) is 0 Å². The largest absolute Gasteiger partial charge is 0.446 e. The van der Waals surface area contributed by atoms with Crippen molar-refractivity contribution in [3.8, 4) is 11.3 Å². The Kier molecular flexibility index (Phi) is 6.39. The first-order valence-corrected chi connectivity index (χ1v) is 10.0. The highest BCUT2D eigenvalue weighted by molar-refractivity contribution is 6.33. The van der Waals surface area contributed by atoms with E-state index >= 15 is 0 Å². The van der Waals surface area contributed by atoms with Gasteiger partial charge in [0.15, 0.2) is 0 Å². The van der Waals surface area contributed by atoms with E-state index in [1.165, 1.54) is 6.33 Å². The molecule has 0 radical (unpaired) electrons. The Morgan fingerprint density at radius 2 is 2.00 bits per heavy atom. The minimum atomic E-state index is -0.360. The summed E-state index contributed by atoms with van der Waals surface area (Å²) < 4.78 is 5.60. The van der Waals surface area contributed by atoms with Crippen LogP contribution < -0.4 is 10.6 Å². The van der Waals surface area contributed by atoms with Gasteiger partial charge in [0.2, 0.25) is 0 Å². The molecule has 0 saturated heterocycles. The predicted molar refractivity (Wildman–Crippen MR) is 112 cm³/mol. The number of nitrogens with zero attached hydrogens (tertiary/aromatic N) is 2. The summed E-state index contributed by atoms with van der Waals surface area (Å²) in [5, 5.41) is 6.96. The van der Waals surface area contributed by atoms with Crippen LogP contribution >= 0.6 is 11.6 Å². The van der Waals surface area contributed by atoms with E-state index < -0.39 is 0 Å². The van der Waals surface area contributed by atoms with E-state index in [2.05, 4.69) is 20.6 Å². The molecule has 2 unspecified atom stereocenters. The van der Waals surface area contributed by atoms with Crippen LogP contribution in [0.5, 0.6) is 0 Å². The molecule has 1 aromatic heterocycles. The average molecular weight is 403 g/mol. The summed E-state index contributed by atoms with van der Waals surface area (Å²) in [4.78, 5) is 20.7. The minimum absolute atomic E-state index is 0.0986. The van der Waals surface area contributed by atoms with Gasteiger partial charge in [0.1, 0.15) is 18.2 Å². The Morgan fingerprint density at radius 1 is 1.21 bits per heavy atom. The molecule has 1 aliphatic rings.